The zero-order valence-corrected chi connectivity index (χ0v) is 7.92. The number of carbonyl (C=O) groups is 1. The average molecular weight is 195 g/mol. The molecule has 5 N–H and O–H groups in total. The second-order valence-corrected chi connectivity index (χ2v) is 3.36. The van der Waals surface area contributed by atoms with Gasteiger partial charge < -0.3 is 16.4 Å². The minimum absolute atomic E-state index is 0.164. The maximum atomic E-state index is 11.7. The van der Waals surface area contributed by atoms with Gasteiger partial charge in [0.25, 0.3) is 5.91 Å². The predicted octanol–water partition coefficient (Wildman–Crippen LogP) is -0.0742. The van der Waals surface area contributed by atoms with Crippen molar-refractivity contribution in [3.05, 3.63) is 5.56 Å². The van der Waals surface area contributed by atoms with Crippen molar-refractivity contribution >= 4 is 17.5 Å². The first-order valence-corrected chi connectivity index (χ1v) is 4.55. The second-order valence-electron chi connectivity index (χ2n) is 3.36. The standard InChI is InChI=1S/C8H13N5O/c1-10-7-5(6(9)12-13-7)8(14)11-4-2-3-4/h4H,2-3H2,1H3,(H,11,14)(H4,9,10,12,13). The molecule has 14 heavy (non-hydrogen) atoms. The number of nitrogens with one attached hydrogen (secondary N) is 3. The van der Waals surface area contributed by atoms with Crippen LogP contribution in [0.1, 0.15) is 23.2 Å². The molecule has 0 atom stereocenters. The third kappa shape index (κ3) is 1.50. The van der Waals surface area contributed by atoms with E-state index in [0.717, 1.165) is 12.8 Å². The number of nitrogen functional groups attached to an aromatic ring is 1. The smallest absolute Gasteiger partial charge is 0.259 e. The Hall–Kier alpha value is -1.72. The van der Waals surface area contributed by atoms with Gasteiger partial charge in [-0.3, -0.25) is 9.89 Å². The molecule has 0 saturated heterocycles. The highest BCUT2D eigenvalue weighted by Crippen LogP contribution is 2.22. The summed E-state index contributed by atoms with van der Waals surface area (Å²) in [7, 11) is 1.71. The van der Waals surface area contributed by atoms with Crippen LogP contribution in [0.15, 0.2) is 0 Å². The number of nitrogens with two attached hydrogens (primary N) is 1. The first kappa shape index (κ1) is 8.86. The Bertz CT molecular complexity index is 355. The average Bonchev–Trinajstić information content (AvgIpc) is 2.87. The monoisotopic (exact) mass is 195 g/mol. The highest BCUT2D eigenvalue weighted by molar-refractivity contribution is 6.03. The Kier molecular flexibility index (Phi) is 2.03. The molecule has 1 aromatic heterocycles. The Morgan fingerprint density at radius 1 is 1.64 bits per heavy atom. The van der Waals surface area contributed by atoms with E-state index in [9.17, 15) is 4.79 Å². The van der Waals surface area contributed by atoms with Gasteiger partial charge in [0.05, 0.1) is 0 Å². The van der Waals surface area contributed by atoms with E-state index in [1.54, 1.807) is 7.05 Å². The van der Waals surface area contributed by atoms with Gasteiger partial charge >= 0.3 is 0 Å². The molecule has 1 fully saturated rings. The van der Waals surface area contributed by atoms with Gasteiger partial charge in [0.2, 0.25) is 0 Å². The molecule has 6 heteroatoms. The molecule has 2 rings (SSSR count). The third-order valence-corrected chi connectivity index (χ3v) is 2.18. The van der Waals surface area contributed by atoms with Gasteiger partial charge in [-0.15, -0.1) is 0 Å². The highest BCUT2D eigenvalue weighted by Gasteiger charge is 2.26. The normalized spacial score (nSPS) is 15.2. The maximum Gasteiger partial charge on any atom is 0.259 e. The number of aromatic nitrogens is 2. The molecule has 76 valence electrons. The number of H-pyrrole nitrogens is 1. The lowest BCUT2D eigenvalue weighted by Gasteiger charge is -2.03. The first-order chi connectivity index (χ1) is 6.72. The molecule has 0 bridgehead atoms. The van der Waals surface area contributed by atoms with E-state index in [1.807, 2.05) is 0 Å². The molecule has 0 aliphatic heterocycles. The van der Waals surface area contributed by atoms with Gasteiger partial charge in [-0.1, -0.05) is 0 Å². The zero-order chi connectivity index (χ0) is 10.1. The summed E-state index contributed by atoms with van der Waals surface area (Å²) in [6.45, 7) is 0. The van der Waals surface area contributed by atoms with Crippen LogP contribution in [0.4, 0.5) is 11.6 Å². The molecule has 1 aromatic rings. The number of hydrogen-bond donors (Lipinski definition) is 4. The van der Waals surface area contributed by atoms with Crippen molar-refractivity contribution < 1.29 is 4.79 Å². The molecule has 1 saturated carbocycles. The number of hydrogen-bond acceptors (Lipinski definition) is 4. The molecule has 6 nitrogen and oxygen atoms in total. The molecule has 1 amide bonds. The molecule has 0 radical (unpaired) electrons. The Labute approximate surface area is 81.2 Å². The third-order valence-electron chi connectivity index (χ3n) is 2.18. The van der Waals surface area contributed by atoms with E-state index in [2.05, 4.69) is 20.8 Å². The highest BCUT2D eigenvalue weighted by atomic mass is 16.1. The minimum atomic E-state index is -0.164. The summed E-state index contributed by atoms with van der Waals surface area (Å²) >= 11 is 0. The molecule has 1 heterocycles. The van der Waals surface area contributed by atoms with E-state index < -0.39 is 0 Å². The number of anilines is 2. The summed E-state index contributed by atoms with van der Waals surface area (Å²) in [5, 5.41) is 12.1. The van der Waals surface area contributed by atoms with Crippen molar-refractivity contribution in [1.82, 2.24) is 15.5 Å². The van der Waals surface area contributed by atoms with Gasteiger partial charge in [0.1, 0.15) is 11.4 Å². The van der Waals surface area contributed by atoms with Gasteiger partial charge in [0.15, 0.2) is 5.82 Å². The fourth-order valence-corrected chi connectivity index (χ4v) is 1.25. The molecule has 0 aromatic carbocycles. The Balaban J connectivity index is 2.19. The van der Waals surface area contributed by atoms with Crippen molar-refractivity contribution in [1.29, 1.82) is 0 Å². The molecule has 1 aliphatic rings. The Morgan fingerprint density at radius 3 is 2.93 bits per heavy atom. The summed E-state index contributed by atoms with van der Waals surface area (Å²) < 4.78 is 0. The zero-order valence-electron chi connectivity index (χ0n) is 7.92. The van der Waals surface area contributed by atoms with Crippen LogP contribution in [0.2, 0.25) is 0 Å². The number of carbonyl (C=O) groups excluding carboxylic acids is 1. The number of nitrogens with zero attached hydrogens (tertiary/aromatic N) is 1. The van der Waals surface area contributed by atoms with Crippen LogP contribution in [0.5, 0.6) is 0 Å². The van der Waals surface area contributed by atoms with Crippen LogP contribution in [0.3, 0.4) is 0 Å². The number of amides is 1. The number of aromatic amines is 1. The van der Waals surface area contributed by atoms with Crippen molar-refractivity contribution in [3.8, 4) is 0 Å². The van der Waals surface area contributed by atoms with Gasteiger partial charge in [-0.2, -0.15) is 5.10 Å². The van der Waals surface area contributed by atoms with Crippen LogP contribution in [-0.2, 0) is 0 Å². The summed E-state index contributed by atoms with van der Waals surface area (Å²) in [6.07, 6.45) is 2.11. The summed E-state index contributed by atoms with van der Waals surface area (Å²) in [6, 6.07) is 0.321. The lowest BCUT2D eigenvalue weighted by Crippen LogP contribution is -2.26. The van der Waals surface area contributed by atoms with E-state index in [1.165, 1.54) is 0 Å². The summed E-state index contributed by atoms with van der Waals surface area (Å²) in [4.78, 5) is 11.7. The van der Waals surface area contributed by atoms with Crippen molar-refractivity contribution in [2.75, 3.05) is 18.1 Å². The molecule has 1 aliphatic carbocycles. The van der Waals surface area contributed by atoms with E-state index in [0.29, 0.717) is 17.4 Å². The molecule has 0 unspecified atom stereocenters. The lowest BCUT2D eigenvalue weighted by atomic mass is 10.2. The molecular weight excluding hydrogens is 182 g/mol. The first-order valence-electron chi connectivity index (χ1n) is 4.55. The van der Waals surface area contributed by atoms with Crippen LogP contribution in [0.25, 0.3) is 0 Å². The van der Waals surface area contributed by atoms with Crippen LogP contribution >= 0.6 is 0 Å². The quantitative estimate of drug-likeness (QED) is 0.542. The van der Waals surface area contributed by atoms with Crippen LogP contribution < -0.4 is 16.4 Å². The maximum absolute atomic E-state index is 11.7. The fourth-order valence-electron chi connectivity index (χ4n) is 1.25. The second kappa shape index (κ2) is 3.21. The van der Waals surface area contributed by atoms with Gasteiger partial charge in [-0.25, -0.2) is 0 Å². The summed E-state index contributed by atoms with van der Waals surface area (Å²) in [5.74, 6) is 0.622. The molecule has 0 spiro atoms. The van der Waals surface area contributed by atoms with Crippen LogP contribution in [0, 0.1) is 0 Å². The number of rotatable bonds is 3. The summed E-state index contributed by atoms with van der Waals surface area (Å²) in [5.41, 5.74) is 5.97. The molecular formula is C8H13N5O. The van der Waals surface area contributed by atoms with Crippen molar-refractivity contribution in [2.45, 2.75) is 18.9 Å². The van der Waals surface area contributed by atoms with Gasteiger partial charge in [-0.05, 0) is 12.8 Å². The van der Waals surface area contributed by atoms with Crippen LogP contribution in [-0.4, -0.2) is 29.2 Å². The lowest BCUT2D eigenvalue weighted by molar-refractivity contribution is 0.0953. The van der Waals surface area contributed by atoms with E-state index in [4.69, 9.17) is 5.73 Å². The largest absolute Gasteiger partial charge is 0.381 e. The minimum Gasteiger partial charge on any atom is -0.381 e. The topological polar surface area (TPSA) is 95.8 Å². The Morgan fingerprint density at radius 2 is 2.36 bits per heavy atom. The van der Waals surface area contributed by atoms with Crippen molar-refractivity contribution in [3.63, 3.8) is 0 Å². The fraction of sp³-hybridized carbons (Fsp3) is 0.500. The SMILES string of the molecule is CNc1[nH]nc(N)c1C(=O)NC1CC1. The van der Waals surface area contributed by atoms with E-state index in [-0.39, 0.29) is 11.7 Å². The van der Waals surface area contributed by atoms with Gasteiger partial charge in [0, 0.05) is 13.1 Å². The van der Waals surface area contributed by atoms with Crippen molar-refractivity contribution in [2.24, 2.45) is 0 Å². The predicted molar refractivity (Wildman–Crippen MR) is 53.0 cm³/mol. The van der Waals surface area contributed by atoms with E-state index >= 15 is 0 Å².